The van der Waals surface area contributed by atoms with Gasteiger partial charge in [-0.3, -0.25) is 0 Å². The highest BCUT2D eigenvalue weighted by Crippen LogP contribution is 2.09. The monoisotopic (exact) mass is 165 g/mol. The predicted molar refractivity (Wildman–Crippen MR) is 47.7 cm³/mol. The van der Waals surface area contributed by atoms with Crippen LogP contribution in [0.5, 0.6) is 5.75 Å². The molecule has 0 fully saturated rings. The van der Waals surface area contributed by atoms with Crippen molar-refractivity contribution in [1.82, 2.24) is 0 Å². The maximum absolute atomic E-state index is 10.6. The van der Waals surface area contributed by atoms with Gasteiger partial charge in [-0.15, -0.1) is 0 Å². The van der Waals surface area contributed by atoms with Crippen molar-refractivity contribution in [2.75, 3.05) is 14.2 Å². The van der Waals surface area contributed by atoms with Crippen molar-refractivity contribution in [3.63, 3.8) is 0 Å². The van der Waals surface area contributed by atoms with Gasteiger partial charge in [0.25, 0.3) is 0 Å². The first-order valence-corrected chi connectivity index (χ1v) is 3.61. The minimum absolute atomic E-state index is 0.766. The van der Waals surface area contributed by atoms with Crippen molar-refractivity contribution in [2.45, 2.75) is 0 Å². The van der Waals surface area contributed by atoms with Gasteiger partial charge in [-0.2, -0.15) is 0 Å². The number of hydrogen-bond donors (Lipinski definition) is 0. The summed E-state index contributed by atoms with van der Waals surface area (Å²) in [6.07, 6.45) is 1.50. The topological polar surface area (TPSA) is 35.3 Å². The molecule has 0 bridgehead atoms. The zero-order valence-corrected chi connectivity index (χ0v) is 7.15. The summed E-state index contributed by atoms with van der Waals surface area (Å²) in [5.74, 6) is 0.792. The molecule has 0 spiro atoms. The summed E-state index contributed by atoms with van der Waals surface area (Å²) in [6.45, 7) is 0. The highest BCUT2D eigenvalue weighted by molar-refractivity contribution is 5.75. The fourth-order valence-electron chi connectivity index (χ4n) is 0.900. The summed E-state index contributed by atoms with van der Waals surface area (Å²) in [5.41, 5.74) is 0.869. The number of ether oxygens (including phenoxy) is 1. The second-order valence-corrected chi connectivity index (χ2v) is 2.45. The minimum Gasteiger partial charge on any atom is -0.624 e. The zero-order chi connectivity index (χ0) is 8.97. The lowest BCUT2D eigenvalue weighted by atomic mass is 10.2. The second-order valence-electron chi connectivity index (χ2n) is 2.45. The Kier molecular flexibility index (Phi) is 2.69. The minimum atomic E-state index is 0.766. The molecule has 0 atom stereocenters. The average molecular weight is 165 g/mol. The highest BCUT2D eigenvalue weighted by atomic mass is 16.5. The molecule has 0 heterocycles. The molecule has 1 aromatic carbocycles. The third-order valence-corrected chi connectivity index (χ3v) is 1.45. The Hall–Kier alpha value is -1.51. The van der Waals surface area contributed by atoms with E-state index in [2.05, 4.69) is 0 Å². The lowest BCUT2D eigenvalue weighted by Gasteiger charge is -1.98. The van der Waals surface area contributed by atoms with E-state index in [1.807, 2.05) is 24.3 Å². The molecule has 0 saturated carbocycles. The molecule has 0 aromatic heterocycles. The Balaban J connectivity index is 2.85. The lowest BCUT2D eigenvalue weighted by molar-refractivity contribution is -0.416. The predicted octanol–water partition coefficient (Wildman–Crippen LogP) is 1.25. The summed E-state index contributed by atoms with van der Waals surface area (Å²) < 4.78 is 5.73. The normalized spacial score (nSPS) is 11.3. The van der Waals surface area contributed by atoms with Crippen LogP contribution in [0, 0.1) is 5.21 Å². The van der Waals surface area contributed by atoms with E-state index in [-0.39, 0.29) is 0 Å². The first-order valence-electron chi connectivity index (χ1n) is 3.61. The molecule has 0 aliphatic carbocycles. The first-order chi connectivity index (χ1) is 5.72. The zero-order valence-electron chi connectivity index (χ0n) is 7.15. The van der Waals surface area contributed by atoms with E-state index < -0.39 is 0 Å². The standard InChI is InChI=1S/C9H11NO2/c1-10(11)7-8-3-5-9(12-2)6-4-8/h3-7H,1-2H3. The van der Waals surface area contributed by atoms with Gasteiger partial charge in [0.1, 0.15) is 12.8 Å². The Bertz CT molecular complexity index is 273. The Morgan fingerprint density at radius 1 is 1.33 bits per heavy atom. The van der Waals surface area contributed by atoms with Crippen LogP contribution in [0.4, 0.5) is 0 Å². The fraction of sp³-hybridized carbons (Fsp3) is 0.222. The number of nitrogens with zero attached hydrogens (tertiary/aromatic N) is 1. The highest BCUT2D eigenvalue weighted by Gasteiger charge is 1.92. The molecule has 3 heteroatoms. The van der Waals surface area contributed by atoms with Crippen molar-refractivity contribution in [1.29, 1.82) is 0 Å². The molecule has 0 aliphatic rings. The number of benzene rings is 1. The third kappa shape index (κ3) is 2.27. The van der Waals surface area contributed by atoms with Gasteiger partial charge < -0.3 is 9.94 Å². The van der Waals surface area contributed by atoms with Gasteiger partial charge in [0, 0.05) is 5.56 Å². The van der Waals surface area contributed by atoms with E-state index in [0.29, 0.717) is 0 Å². The van der Waals surface area contributed by atoms with Crippen molar-refractivity contribution in [3.8, 4) is 5.75 Å². The van der Waals surface area contributed by atoms with E-state index in [1.54, 1.807) is 7.11 Å². The van der Waals surface area contributed by atoms with Gasteiger partial charge in [-0.1, -0.05) is 0 Å². The average Bonchev–Trinajstić information content (AvgIpc) is 2.05. The van der Waals surface area contributed by atoms with E-state index >= 15 is 0 Å². The fourth-order valence-corrected chi connectivity index (χ4v) is 0.900. The van der Waals surface area contributed by atoms with Crippen molar-refractivity contribution in [2.24, 2.45) is 0 Å². The molecule has 0 saturated heterocycles. The molecular weight excluding hydrogens is 154 g/mol. The summed E-state index contributed by atoms with van der Waals surface area (Å²) in [4.78, 5) is 0. The van der Waals surface area contributed by atoms with Crippen LogP contribution in [0.3, 0.4) is 0 Å². The summed E-state index contributed by atoms with van der Waals surface area (Å²) in [6, 6.07) is 7.28. The van der Waals surface area contributed by atoms with Gasteiger partial charge in [-0.25, -0.2) is 4.74 Å². The van der Waals surface area contributed by atoms with E-state index in [4.69, 9.17) is 4.74 Å². The SMILES string of the molecule is COc1ccc(C=[N+](C)[O-])cc1. The van der Waals surface area contributed by atoms with Gasteiger partial charge in [-0.05, 0) is 24.3 Å². The number of hydrogen-bond acceptors (Lipinski definition) is 2. The van der Waals surface area contributed by atoms with Crippen molar-refractivity contribution in [3.05, 3.63) is 35.0 Å². The van der Waals surface area contributed by atoms with Gasteiger partial charge in [0.15, 0.2) is 6.21 Å². The molecule has 3 nitrogen and oxygen atoms in total. The number of methoxy groups -OCH3 is 1. The van der Waals surface area contributed by atoms with Crippen LogP contribution in [0.15, 0.2) is 24.3 Å². The van der Waals surface area contributed by atoms with E-state index in [0.717, 1.165) is 16.1 Å². The molecular formula is C9H11NO2. The molecule has 64 valence electrons. The summed E-state index contributed by atoms with van der Waals surface area (Å²) in [5, 5.41) is 10.6. The van der Waals surface area contributed by atoms with Crippen LogP contribution in [0.25, 0.3) is 0 Å². The molecule has 0 unspecified atom stereocenters. The van der Waals surface area contributed by atoms with Crippen LogP contribution >= 0.6 is 0 Å². The van der Waals surface area contributed by atoms with E-state index in [1.165, 1.54) is 13.3 Å². The van der Waals surface area contributed by atoms with Crippen LogP contribution in [0.1, 0.15) is 5.56 Å². The molecule has 12 heavy (non-hydrogen) atoms. The number of hydroxylamine groups is 1. The Morgan fingerprint density at radius 2 is 1.92 bits per heavy atom. The second kappa shape index (κ2) is 3.76. The molecule has 0 N–H and O–H groups in total. The van der Waals surface area contributed by atoms with Gasteiger partial charge >= 0.3 is 0 Å². The number of rotatable bonds is 2. The molecule has 0 amide bonds. The van der Waals surface area contributed by atoms with Crippen LogP contribution in [0.2, 0.25) is 0 Å². The van der Waals surface area contributed by atoms with Crippen molar-refractivity contribution >= 4 is 6.21 Å². The quantitative estimate of drug-likeness (QED) is 0.286. The largest absolute Gasteiger partial charge is 0.624 e. The molecule has 1 aromatic rings. The lowest BCUT2D eigenvalue weighted by Crippen LogP contribution is -1.97. The van der Waals surface area contributed by atoms with Crippen molar-refractivity contribution < 1.29 is 9.48 Å². The maximum atomic E-state index is 10.6. The summed E-state index contributed by atoms with van der Waals surface area (Å²) >= 11 is 0. The molecule has 0 aliphatic heterocycles. The van der Waals surface area contributed by atoms with Crippen LogP contribution < -0.4 is 4.74 Å². The third-order valence-electron chi connectivity index (χ3n) is 1.45. The van der Waals surface area contributed by atoms with Crippen LogP contribution in [-0.4, -0.2) is 25.1 Å². The Morgan fingerprint density at radius 3 is 2.33 bits per heavy atom. The van der Waals surface area contributed by atoms with Crippen LogP contribution in [-0.2, 0) is 0 Å². The summed E-state index contributed by atoms with van der Waals surface area (Å²) in [7, 11) is 3.06. The van der Waals surface area contributed by atoms with E-state index in [9.17, 15) is 5.21 Å². The molecule has 0 radical (unpaired) electrons. The van der Waals surface area contributed by atoms with Gasteiger partial charge in [0.05, 0.1) is 7.11 Å². The first kappa shape index (κ1) is 8.59. The van der Waals surface area contributed by atoms with Gasteiger partial charge in [0.2, 0.25) is 0 Å². The smallest absolute Gasteiger partial charge is 0.181 e. The maximum Gasteiger partial charge on any atom is 0.181 e. The molecule has 1 rings (SSSR count). The Labute approximate surface area is 71.5 Å².